The second-order valence-electron chi connectivity index (χ2n) is 5.84. The monoisotopic (exact) mass is 275 g/mol. The zero-order chi connectivity index (χ0) is 14.5. The van der Waals surface area contributed by atoms with Crippen LogP contribution in [0.5, 0.6) is 0 Å². The number of nitrogens with two attached hydrogens (primary N) is 1. The Kier molecular flexibility index (Phi) is 5.01. The Bertz CT molecular complexity index is 455. The van der Waals surface area contributed by atoms with Crippen LogP contribution < -0.4 is 5.73 Å². The second-order valence-corrected chi connectivity index (χ2v) is 5.84. The lowest BCUT2D eigenvalue weighted by Gasteiger charge is -2.22. The van der Waals surface area contributed by atoms with Crippen molar-refractivity contribution in [3.05, 3.63) is 29.8 Å². The van der Waals surface area contributed by atoms with Gasteiger partial charge in [0, 0.05) is 38.8 Å². The Hall–Kier alpha value is -1.55. The number of carbonyl (C=O) groups is 1. The van der Waals surface area contributed by atoms with Crippen LogP contribution in [0.3, 0.4) is 0 Å². The van der Waals surface area contributed by atoms with Crippen molar-refractivity contribution in [2.24, 2.45) is 0 Å². The Labute approximate surface area is 121 Å². The van der Waals surface area contributed by atoms with E-state index in [9.17, 15) is 4.79 Å². The highest BCUT2D eigenvalue weighted by Crippen LogP contribution is 2.28. The summed E-state index contributed by atoms with van der Waals surface area (Å²) in [6.45, 7) is 1.92. The van der Waals surface area contributed by atoms with Gasteiger partial charge in [0.15, 0.2) is 0 Å². The second kappa shape index (κ2) is 6.75. The van der Waals surface area contributed by atoms with Crippen molar-refractivity contribution in [3.63, 3.8) is 0 Å². The van der Waals surface area contributed by atoms with Crippen LogP contribution in [0.1, 0.15) is 31.2 Å². The molecule has 1 aliphatic carbocycles. The van der Waals surface area contributed by atoms with Crippen molar-refractivity contribution >= 4 is 11.6 Å². The minimum atomic E-state index is 0.213. The van der Waals surface area contributed by atoms with E-state index in [4.69, 9.17) is 5.73 Å². The summed E-state index contributed by atoms with van der Waals surface area (Å²) in [4.78, 5) is 15.8. The summed E-state index contributed by atoms with van der Waals surface area (Å²) in [6.07, 6.45) is 4.12. The van der Waals surface area contributed by atoms with Crippen molar-refractivity contribution in [3.8, 4) is 0 Å². The first-order valence-corrected chi connectivity index (χ1v) is 7.35. The van der Waals surface area contributed by atoms with Crippen LogP contribution in [-0.2, 0) is 11.3 Å². The molecule has 0 radical (unpaired) electrons. The number of nitrogens with zero attached hydrogens (tertiary/aromatic N) is 2. The number of nitrogen functional groups attached to an aromatic ring is 1. The van der Waals surface area contributed by atoms with E-state index in [0.29, 0.717) is 12.5 Å². The predicted molar refractivity (Wildman–Crippen MR) is 82.2 cm³/mol. The first-order valence-electron chi connectivity index (χ1n) is 7.35. The summed E-state index contributed by atoms with van der Waals surface area (Å²) in [6, 6.07) is 8.79. The number of amides is 1. The van der Waals surface area contributed by atoms with Gasteiger partial charge in [-0.05, 0) is 43.5 Å². The zero-order valence-corrected chi connectivity index (χ0v) is 12.5. The number of hydrogen-bond donors (Lipinski definition) is 1. The molecule has 0 aromatic heterocycles. The molecule has 1 aliphatic rings. The van der Waals surface area contributed by atoms with E-state index in [1.54, 1.807) is 4.90 Å². The van der Waals surface area contributed by atoms with Gasteiger partial charge in [-0.2, -0.15) is 0 Å². The number of benzene rings is 1. The molecule has 0 aliphatic heterocycles. The number of anilines is 1. The first kappa shape index (κ1) is 14.9. The number of carbonyl (C=O) groups excluding carboxylic acids is 1. The lowest BCUT2D eigenvalue weighted by Crippen LogP contribution is -2.28. The van der Waals surface area contributed by atoms with Crippen LogP contribution in [0.2, 0.25) is 0 Å². The van der Waals surface area contributed by atoms with Gasteiger partial charge in [0.25, 0.3) is 0 Å². The molecule has 1 fully saturated rings. The summed E-state index contributed by atoms with van der Waals surface area (Å²) in [5.41, 5.74) is 7.91. The van der Waals surface area contributed by atoms with Crippen LogP contribution in [0.25, 0.3) is 0 Å². The van der Waals surface area contributed by atoms with Gasteiger partial charge in [-0.15, -0.1) is 0 Å². The minimum absolute atomic E-state index is 0.213. The molecule has 0 saturated heterocycles. The van der Waals surface area contributed by atoms with Crippen molar-refractivity contribution in [2.45, 2.75) is 38.3 Å². The average Bonchev–Trinajstić information content (AvgIpc) is 3.21. The molecule has 0 unspecified atom stereocenters. The van der Waals surface area contributed by atoms with Gasteiger partial charge < -0.3 is 10.6 Å². The van der Waals surface area contributed by atoms with E-state index in [1.165, 1.54) is 18.4 Å². The molecule has 0 spiro atoms. The molecular weight excluding hydrogens is 250 g/mol. The third kappa shape index (κ3) is 4.53. The fourth-order valence-corrected chi connectivity index (χ4v) is 2.41. The van der Waals surface area contributed by atoms with Gasteiger partial charge in [0.05, 0.1) is 0 Å². The lowest BCUT2D eigenvalue weighted by atomic mass is 10.1. The Morgan fingerprint density at radius 2 is 2.10 bits per heavy atom. The van der Waals surface area contributed by atoms with Gasteiger partial charge in [-0.3, -0.25) is 9.69 Å². The molecule has 110 valence electrons. The van der Waals surface area contributed by atoms with Crippen molar-refractivity contribution in [2.75, 3.05) is 26.4 Å². The maximum atomic E-state index is 11.6. The highest BCUT2D eigenvalue weighted by atomic mass is 16.2. The molecule has 0 heterocycles. The van der Waals surface area contributed by atoms with E-state index >= 15 is 0 Å². The fourth-order valence-electron chi connectivity index (χ4n) is 2.41. The van der Waals surface area contributed by atoms with Gasteiger partial charge in [-0.1, -0.05) is 12.1 Å². The highest BCUT2D eigenvalue weighted by Gasteiger charge is 2.28. The van der Waals surface area contributed by atoms with Gasteiger partial charge in [0.1, 0.15) is 0 Å². The topological polar surface area (TPSA) is 49.6 Å². The maximum Gasteiger partial charge on any atom is 0.222 e. The molecule has 0 atom stereocenters. The molecule has 1 saturated carbocycles. The van der Waals surface area contributed by atoms with Gasteiger partial charge in [0.2, 0.25) is 5.91 Å². The van der Waals surface area contributed by atoms with Gasteiger partial charge in [-0.25, -0.2) is 0 Å². The first-order chi connectivity index (χ1) is 9.56. The van der Waals surface area contributed by atoms with E-state index in [1.807, 2.05) is 32.3 Å². The van der Waals surface area contributed by atoms with Crippen LogP contribution in [-0.4, -0.2) is 42.4 Å². The van der Waals surface area contributed by atoms with Crippen LogP contribution in [0.4, 0.5) is 5.69 Å². The van der Waals surface area contributed by atoms with E-state index in [-0.39, 0.29) is 5.91 Å². The normalized spacial score (nSPS) is 14.6. The van der Waals surface area contributed by atoms with Crippen molar-refractivity contribution in [1.82, 2.24) is 9.80 Å². The quantitative estimate of drug-likeness (QED) is 0.775. The Morgan fingerprint density at radius 3 is 2.70 bits per heavy atom. The molecule has 1 amide bonds. The lowest BCUT2D eigenvalue weighted by molar-refractivity contribution is -0.128. The van der Waals surface area contributed by atoms with Gasteiger partial charge >= 0.3 is 0 Å². The third-order valence-electron chi connectivity index (χ3n) is 3.73. The largest absolute Gasteiger partial charge is 0.399 e. The fraction of sp³-hybridized carbons (Fsp3) is 0.562. The van der Waals surface area contributed by atoms with E-state index < -0.39 is 0 Å². The Balaban J connectivity index is 1.83. The molecule has 1 aromatic carbocycles. The molecular formula is C16H25N3O. The number of rotatable bonds is 7. The zero-order valence-electron chi connectivity index (χ0n) is 12.5. The molecule has 4 nitrogen and oxygen atoms in total. The molecule has 20 heavy (non-hydrogen) atoms. The van der Waals surface area contributed by atoms with Crippen LogP contribution in [0.15, 0.2) is 24.3 Å². The molecule has 2 rings (SSSR count). The standard InChI is InChI=1S/C16H25N3O/c1-18(2)16(20)7-4-10-19(15-8-9-15)12-13-5-3-6-14(17)11-13/h3,5-6,11,15H,4,7-10,12,17H2,1-2H3. The van der Waals surface area contributed by atoms with Crippen LogP contribution >= 0.6 is 0 Å². The van der Waals surface area contributed by atoms with E-state index in [0.717, 1.165) is 25.2 Å². The van der Waals surface area contributed by atoms with Crippen LogP contribution in [0, 0.1) is 0 Å². The van der Waals surface area contributed by atoms with Crippen molar-refractivity contribution in [1.29, 1.82) is 0 Å². The summed E-state index contributed by atoms with van der Waals surface area (Å²) in [7, 11) is 3.63. The summed E-state index contributed by atoms with van der Waals surface area (Å²) in [5, 5.41) is 0. The summed E-state index contributed by atoms with van der Waals surface area (Å²) < 4.78 is 0. The van der Waals surface area contributed by atoms with E-state index in [2.05, 4.69) is 11.0 Å². The molecule has 2 N–H and O–H groups in total. The summed E-state index contributed by atoms with van der Waals surface area (Å²) >= 11 is 0. The molecule has 1 aromatic rings. The van der Waals surface area contributed by atoms with Crippen molar-refractivity contribution < 1.29 is 4.79 Å². The summed E-state index contributed by atoms with van der Waals surface area (Å²) in [5.74, 6) is 0.213. The molecule has 4 heteroatoms. The SMILES string of the molecule is CN(C)C(=O)CCCN(Cc1cccc(N)c1)C1CC1. The molecule has 0 bridgehead atoms. The third-order valence-corrected chi connectivity index (χ3v) is 3.73. The Morgan fingerprint density at radius 1 is 1.35 bits per heavy atom. The smallest absolute Gasteiger partial charge is 0.222 e. The average molecular weight is 275 g/mol. The predicted octanol–water partition coefficient (Wildman–Crippen LogP) is 2.10. The minimum Gasteiger partial charge on any atom is -0.399 e. The maximum absolute atomic E-state index is 11.6. The number of hydrogen-bond acceptors (Lipinski definition) is 3. The highest BCUT2D eigenvalue weighted by molar-refractivity contribution is 5.75.